The van der Waals surface area contributed by atoms with Gasteiger partial charge in [-0.05, 0) is 38.3 Å². The molecule has 0 bridgehead atoms. The van der Waals surface area contributed by atoms with Crippen molar-refractivity contribution in [3.63, 3.8) is 0 Å². The third-order valence-electron chi connectivity index (χ3n) is 4.01. The van der Waals surface area contributed by atoms with Crippen molar-refractivity contribution in [3.05, 3.63) is 36.5 Å². The maximum absolute atomic E-state index is 5.71. The molecule has 0 aromatic carbocycles. The summed E-state index contributed by atoms with van der Waals surface area (Å²) < 4.78 is 7.69. The van der Waals surface area contributed by atoms with E-state index in [-0.39, 0.29) is 0 Å². The van der Waals surface area contributed by atoms with Crippen LogP contribution in [0.4, 0.5) is 5.69 Å². The van der Waals surface area contributed by atoms with Crippen molar-refractivity contribution in [3.8, 4) is 5.82 Å². The van der Waals surface area contributed by atoms with Crippen LogP contribution in [-0.4, -0.2) is 33.3 Å². The Kier molecular flexibility index (Phi) is 4.20. The zero-order chi connectivity index (χ0) is 14.7. The molecule has 0 spiro atoms. The number of rotatable bonds is 4. The second-order valence-corrected chi connectivity index (χ2v) is 5.52. The molecule has 1 saturated heterocycles. The lowest BCUT2D eigenvalue weighted by Gasteiger charge is -2.30. The molecule has 112 valence electrons. The first kappa shape index (κ1) is 14.1. The van der Waals surface area contributed by atoms with Gasteiger partial charge >= 0.3 is 0 Å². The molecule has 1 aliphatic rings. The van der Waals surface area contributed by atoms with E-state index in [1.807, 2.05) is 30.0 Å². The molecule has 0 aliphatic carbocycles. The van der Waals surface area contributed by atoms with E-state index in [1.165, 1.54) is 0 Å². The topological polar surface area (TPSA) is 52.0 Å². The van der Waals surface area contributed by atoms with Crippen molar-refractivity contribution in [2.45, 2.75) is 45.3 Å². The Morgan fingerprint density at radius 1 is 1.38 bits per heavy atom. The van der Waals surface area contributed by atoms with Crippen molar-refractivity contribution in [2.24, 2.45) is 0 Å². The van der Waals surface area contributed by atoms with Crippen molar-refractivity contribution in [1.29, 1.82) is 0 Å². The first-order valence-corrected chi connectivity index (χ1v) is 7.60. The molecule has 1 N–H and O–H groups in total. The van der Waals surface area contributed by atoms with Gasteiger partial charge in [0.1, 0.15) is 11.6 Å². The number of hydrogen-bond acceptors (Lipinski definition) is 4. The molecule has 0 radical (unpaired) electrons. The molecule has 0 saturated carbocycles. The molecule has 21 heavy (non-hydrogen) atoms. The summed E-state index contributed by atoms with van der Waals surface area (Å²) in [7, 11) is 0. The van der Waals surface area contributed by atoms with Gasteiger partial charge in [0.15, 0.2) is 0 Å². The van der Waals surface area contributed by atoms with Crippen molar-refractivity contribution < 1.29 is 4.74 Å². The number of aromatic nitrogens is 3. The van der Waals surface area contributed by atoms with Crippen LogP contribution in [0.5, 0.6) is 0 Å². The fraction of sp³-hybridized carbons (Fsp3) is 0.500. The molecule has 2 aromatic heterocycles. The minimum atomic E-state index is 0.386. The summed E-state index contributed by atoms with van der Waals surface area (Å²) in [5.41, 5.74) is 1.07. The normalized spacial score (nSPS) is 22.2. The van der Waals surface area contributed by atoms with Crippen LogP contribution in [-0.2, 0) is 4.74 Å². The Bertz CT molecular complexity index is 578. The number of aryl methyl sites for hydroxylation is 1. The smallest absolute Gasteiger partial charge is 0.138 e. The number of imidazole rings is 1. The third-order valence-corrected chi connectivity index (χ3v) is 4.01. The summed E-state index contributed by atoms with van der Waals surface area (Å²) >= 11 is 0. The fourth-order valence-electron chi connectivity index (χ4n) is 2.77. The second-order valence-electron chi connectivity index (χ2n) is 5.52. The summed E-state index contributed by atoms with van der Waals surface area (Å²) in [6, 6.07) is 4.58. The average Bonchev–Trinajstić information content (AvgIpc) is 2.94. The number of nitrogens with one attached hydrogen (secondary N) is 1. The largest absolute Gasteiger partial charge is 0.381 e. The first-order valence-electron chi connectivity index (χ1n) is 7.60. The second kappa shape index (κ2) is 6.26. The Morgan fingerprint density at radius 2 is 2.29 bits per heavy atom. The molecule has 2 aromatic rings. The monoisotopic (exact) mass is 286 g/mol. The van der Waals surface area contributed by atoms with Gasteiger partial charge in [-0.2, -0.15) is 0 Å². The number of hydrogen-bond donors (Lipinski definition) is 1. The van der Waals surface area contributed by atoms with E-state index in [0.29, 0.717) is 12.1 Å². The van der Waals surface area contributed by atoms with Gasteiger partial charge in [0, 0.05) is 25.0 Å². The van der Waals surface area contributed by atoms with Crippen LogP contribution >= 0.6 is 0 Å². The maximum Gasteiger partial charge on any atom is 0.138 e. The Hall–Kier alpha value is -1.88. The van der Waals surface area contributed by atoms with Gasteiger partial charge in [-0.3, -0.25) is 4.57 Å². The van der Waals surface area contributed by atoms with Gasteiger partial charge in [-0.25, -0.2) is 9.97 Å². The molecule has 3 heterocycles. The molecule has 2 atom stereocenters. The third kappa shape index (κ3) is 3.24. The Labute approximate surface area is 125 Å². The Balaban J connectivity index is 1.66. The summed E-state index contributed by atoms with van der Waals surface area (Å²) in [6.07, 6.45) is 9.20. The van der Waals surface area contributed by atoms with Gasteiger partial charge in [0.25, 0.3) is 0 Å². The van der Waals surface area contributed by atoms with Gasteiger partial charge in [0.2, 0.25) is 0 Å². The number of ether oxygens (including phenoxy) is 1. The Morgan fingerprint density at radius 3 is 2.95 bits per heavy atom. The molecular weight excluding hydrogens is 264 g/mol. The minimum Gasteiger partial charge on any atom is -0.381 e. The van der Waals surface area contributed by atoms with Crippen molar-refractivity contribution in [2.75, 3.05) is 11.9 Å². The summed E-state index contributed by atoms with van der Waals surface area (Å²) in [4.78, 5) is 8.74. The maximum atomic E-state index is 5.71. The minimum absolute atomic E-state index is 0.386. The number of pyridine rings is 1. The van der Waals surface area contributed by atoms with Gasteiger partial charge in [0.05, 0.1) is 18.0 Å². The van der Waals surface area contributed by atoms with Gasteiger partial charge in [-0.15, -0.1) is 0 Å². The molecule has 1 aliphatic heterocycles. The van der Waals surface area contributed by atoms with E-state index in [4.69, 9.17) is 4.74 Å². The zero-order valence-electron chi connectivity index (χ0n) is 12.6. The zero-order valence-corrected chi connectivity index (χ0v) is 12.6. The highest BCUT2D eigenvalue weighted by molar-refractivity contribution is 5.44. The van der Waals surface area contributed by atoms with Crippen LogP contribution in [0.1, 0.15) is 32.0 Å². The van der Waals surface area contributed by atoms with E-state index in [0.717, 1.165) is 43.2 Å². The highest BCUT2D eigenvalue weighted by Crippen LogP contribution is 2.20. The van der Waals surface area contributed by atoms with E-state index in [1.54, 1.807) is 6.20 Å². The van der Waals surface area contributed by atoms with Gasteiger partial charge < -0.3 is 10.1 Å². The molecule has 1 fully saturated rings. The highest BCUT2D eigenvalue weighted by Gasteiger charge is 2.21. The molecule has 5 heteroatoms. The van der Waals surface area contributed by atoms with E-state index >= 15 is 0 Å². The van der Waals surface area contributed by atoms with Crippen LogP contribution in [0.2, 0.25) is 0 Å². The standard InChI is InChI=1S/C16H22N4O/c1-3-15-10-13(6-9-21-15)19-14-4-5-16(18-11-14)20-8-7-17-12(20)2/h4-5,7-8,11,13,15,19H,3,6,9-10H2,1-2H3. The van der Waals surface area contributed by atoms with Gasteiger partial charge in [-0.1, -0.05) is 6.92 Å². The molecule has 5 nitrogen and oxygen atoms in total. The number of anilines is 1. The first-order chi connectivity index (χ1) is 10.3. The molecule has 2 unspecified atom stereocenters. The van der Waals surface area contributed by atoms with Crippen molar-refractivity contribution in [1.82, 2.24) is 14.5 Å². The van der Waals surface area contributed by atoms with E-state index in [2.05, 4.69) is 28.3 Å². The average molecular weight is 286 g/mol. The lowest BCUT2D eigenvalue weighted by Crippen LogP contribution is -2.33. The highest BCUT2D eigenvalue weighted by atomic mass is 16.5. The van der Waals surface area contributed by atoms with E-state index < -0.39 is 0 Å². The fourth-order valence-corrected chi connectivity index (χ4v) is 2.77. The van der Waals surface area contributed by atoms with E-state index in [9.17, 15) is 0 Å². The number of nitrogens with zero attached hydrogens (tertiary/aromatic N) is 3. The van der Waals surface area contributed by atoms with Crippen LogP contribution < -0.4 is 5.32 Å². The lowest BCUT2D eigenvalue weighted by molar-refractivity contribution is 0.00925. The van der Waals surface area contributed by atoms with Crippen LogP contribution in [0.3, 0.4) is 0 Å². The molecule has 3 rings (SSSR count). The quantitative estimate of drug-likeness (QED) is 0.939. The molecule has 0 amide bonds. The lowest BCUT2D eigenvalue weighted by atomic mass is 10.0. The van der Waals surface area contributed by atoms with Crippen molar-refractivity contribution >= 4 is 5.69 Å². The van der Waals surface area contributed by atoms with Crippen LogP contribution in [0.25, 0.3) is 5.82 Å². The summed E-state index contributed by atoms with van der Waals surface area (Å²) in [5, 5.41) is 3.56. The van der Waals surface area contributed by atoms with Crippen LogP contribution in [0.15, 0.2) is 30.7 Å². The summed E-state index contributed by atoms with van der Waals surface area (Å²) in [6.45, 7) is 4.99. The predicted molar refractivity (Wildman–Crippen MR) is 82.8 cm³/mol. The predicted octanol–water partition coefficient (Wildman–Crippen LogP) is 2.95. The SMILES string of the molecule is CCC1CC(Nc2ccc(-n3ccnc3C)nc2)CCO1. The molecular formula is C16H22N4O. The van der Waals surface area contributed by atoms with Crippen LogP contribution in [0, 0.1) is 6.92 Å². The summed E-state index contributed by atoms with van der Waals surface area (Å²) in [5.74, 6) is 1.84.